The quantitative estimate of drug-likeness (QED) is 0.518. The normalized spacial score (nSPS) is 26.3. The van der Waals surface area contributed by atoms with Gasteiger partial charge < -0.3 is 10.4 Å². The first-order chi connectivity index (χ1) is 11.9. The van der Waals surface area contributed by atoms with Crippen LogP contribution in [0.15, 0.2) is 36.5 Å². The molecule has 2 N–H and O–H groups in total. The zero-order chi connectivity index (χ0) is 20.0. The zero-order valence-electron chi connectivity index (χ0n) is 17.7. The summed E-state index contributed by atoms with van der Waals surface area (Å²) in [6.07, 6.45) is 13.0. The predicted octanol–water partition coefficient (Wildman–Crippen LogP) is 5.32. The van der Waals surface area contributed by atoms with Gasteiger partial charge in [0.05, 0.1) is 11.1 Å². The van der Waals surface area contributed by atoms with E-state index in [2.05, 4.69) is 25.7 Å². The van der Waals surface area contributed by atoms with Gasteiger partial charge in [-0.1, -0.05) is 51.2 Å². The molecular weight excluding hydrogens is 322 g/mol. The molecule has 26 heavy (non-hydrogen) atoms. The van der Waals surface area contributed by atoms with E-state index in [0.29, 0.717) is 12.3 Å². The number of hydrogen-bond donors (Lipinski definition) is 2. The van der Waals surface area contributed by atoms with Crippen LogP contribution in [0.3, 0.4) is 0 Å². The van der Waals surface area contributed by atoms with Crippen molar-refractivity contribution in [1.29, 1.82) is 0 Å². The molecule has 0 aromatic rings. The van der Waals surface area contributed by atoms with Gasteiger partial charge in [-0.3, -0.25) is 4.79 Å². The third kappa shape index (κ3) is 7.11. The Labute approximate surface area is 160 Å². The molecule has 0 bridgehead atoms. The third-order valence-electron chi connectivity index (χ3n) is 6.09. The molecule has 1 fully saturated rings. The van der Waals surface area contributed by atoms with Gasteiger partial charge in [0.25, 0.3) is 0 Å². The minimum absolute atomic E-state index is 0.0158. The van der Waals surface area contributed by atoms with Crippen molar-refractivity contribution in [2.45, 2.75) is 91.2 Å². The molecule has 1 atom stereocenters. The second-order valence-corrected chi connectivity index (χ2v) is 9.29. The van der Waals surface area contributed by atoms with Crippen LogP contribution in [-0.2, 0) is 4.79 Å². The zero-order valence-corrected chi connectivity index (χ0v) is 17.7. The lowest BCUT2D eigenvalue weighted by Gasteiger charge is -2.42. The fraction of sp³-hybridized carbons (Fsp3) is 0.696. The van der Waals surface area contributed by atoms with Crippen molar-refractivity contribution in [3.8, 4) is 0 Å². The molecule has 0 aromatic heterocycles. The van der Waals surface area contributed by atoms with Gasteiger partial charge in [-0.15, -0.1) is 0 Å². The Morgan fingerprint density at radius 2 is 1.92 bits per heavy atom. The Bertz CT molecular complexity index is 549. The molecular formula is C23H39NO2. The molecule has 0 heterocycles. The summed E-state index contributed by atoms with van der Waals surface area (Å²) >= 11 is 0. The van der Waals surface area contributed by atoms with Gasteiger partial charge in [0.1, 0.15) is 0 Å². The van der Waals surface area contributed by atoms with E-state index in [1.807, 2.05) is 45.9 Å². The lowest BCUT2D eigenvalue weighted by molar-refractivity contribution is -0.125. The molecule has 0 aromatic carbocycles. The minimum Gasteiger partial charge on any atom is -0.390 e. The number of carbonyl (C=O) groups is 1. The maximum atomic E-state index is 12.7. The van der Waals surface area contributed by atoms with Crippen LogP contribution in [0.2, 0.25) is 0 Å². The van der Waals surface area contributed by atoms with E-state index >= 15 is 0 Å². The molecule has 1 aliphatic carbocycles. The standard InChI is InChI=1S/C23H39NO2/c1-8-10-11-12-18(3)21(4,5)24-20(25)17-22(6,9-2)14-13-19-15-23(7,26)16-19/h8,10-12,19,26H,1,9,13-17H2,2-7H3,(H,24,25)/b11-10-,18-12+. The highest BCUT2D eigenvalue weighted by atomic mass is 16.3. The number of nitrogens with one attached hydrogen (secondary N) is 1. The van der Waals surface area contributed by atoms with Crippen LogP contribution in [0.4, 0.5) is 0 Å². The Hall–Kier alpha value is -1.35. The summed E-state index contributed by atoms with van der Waals surface area (Å²) in [5, 5.41) is 13.1. The van der Waals surface area contributed by atoms with Crippen molar-refractivity contribution >= 4 is 5.91 Å². The van der Waals surface area contributed by atoms with Gasteiger partial charge in [0.15, 0.2) is 0 Å². The summed E-state index contributed by atoms with van der Waals surface area (Å²) in [5.74, 6) is 0.720. The summed E-state index contributed by atoms with van der Waals surface area (Å²) in [5.41, 5.74) is 0.295. The fourth-order valence-electron chi connectivity index (χ4n) is 3.70. The molecule has 1 saturated carbocycles. The highest BCUT2D eigenvalue weighted by Crippen LogP contribution is 2.43. The number of rotatable bonds is 10. The number of aliphatic hydroxyl groups is 1. The molecule has 0 aliphatic heterocycles. The Morgan fingerprint density at radius 3 is 2.42 bits per heavy atom. The van der Waals surface area contributed by atoms with Crippen LogP contribution in [0.1, 0.15) is 80.1 Å². The summed E-state index contributed by atoms with van der Waals surface area (Å²) < 4.78 is 0. The van der Waals surface area contributed by atoms with Crippen LogP contribution in [0.25, 0.3) is 0 Å². The van der Waals surface area contributed by atoms with E-state index in [4.69, 9.17) is 0 Å². The second kappa shape index (κ2) is 9.03. The lowest BCUT2D eigenvalue weighted by atomic mass is 9.67. The fourth-order valence-corrected chi connectivity index (χ4v) is 3.70. The SMILES string of the molecule is C=C/C=C\C=C(/C)C(C)(C)NC(=O)CC(C)(CC)CCC1CC(C)(O)C1. The lowest BCUT2D eigenvalue weighted by Crippen LogP contribution is -2.46. The molecule has 0 spiro atoms. The highest BCUT2D eigenvalue weighted by Gasteiger charge is 2.39. The molecule has 0 saturated heterocycles. The van der Waals surface area contributed by atoms with Crippen LogP contribution < -0.4 is 5.32 Å². The Balaban J connectivity index is 2.57. The van der Waals surface area contributed by atoms with Gasteiger partial charge in [-0.25, -0.2) is 0 Å². The smallest absolute Gasteiger partial charge is 0.221 e. The van der Waals surface area contributed by atoms with E-state index in [-0.39, 0.29) is 16.9 Å². The first-order valence-corrected chi connectivity index (χ1v) is 9.93. The average molecular weight is 362 g/mol. The molecule has 1 rings (SSSR count). The number of carbonyl (C=O) groups excluding carboxylic acids is 1. The molecule has 1 amide bonds. The third-order valence-corrected chi connectivity index (χ3v) is 6.09. The first kappa shape index (κ1) is 22.7. The van der Waals surface area contributed by atoms with E-state index in [1.165, 1.54) is 0 Å². The highest BCUT2D eigenvalue weighted by molar-refractivity contribution is 5.78. The molecule has 1 unspecified atom stereocenters. The number of amides is 1. The van der Waals surface area contributed by atoms with Crippen molar-refractivity contribution in [3.63, 3.8) is 0 Å². The van der Waals surface area contributed by atoms with Crippen LogP contribution in [0.5, 0.6) is 0 Å². The Kier molecular flexibility index (Phi) is 7.88. The van der Waals surface area contributed by atoms with Crippen LogP contribution >= 0.6 is 0 Å². The number of hydrogen-bond acceptors (Lipinski definition) is 2. The first-order valence-electron chi connectivity index (χ1n) is 9.93. The van der Waals surface area contributed by atoms with Crippen LogP contribution in [0, 0.1) is 11.3 Å². The van der Waals surface area contributed by atoms with Crippen molar-refractivity contribution in [1.82, 2.24) is 5.32 Å². The molecule has 0 radical (unpaired) electrons. The summed E-state index contributed by atoms with van der Waals surface area (Å²) in [7, 11) is 0. The van der Waals surface area contributed by atoms with Crippen molar-refractivity contribution in [3.05, 3.63) is 36.5 Å². The monoisotopic (exact) mass is 361 g/mol. The summed E-state index contributed by atoms with van der Waals surface area (Å²) in [6, 6.07) is 0. The van der Waals surface area contributed by atoms with Crippen molar-refractivity contribution in [2.24, 2.45) is 11.3 Å². The number of allylic oxidation sites excluding steroid dienone is 4. The molecule has 3 nitrogen and oxygen atoms in total. The molecule has 3 heteroatoms. The largest absolute Gasteiger partial charge is 0.390 e. The Morgan fingerprint density at radius 1 is 1.31 bits per heavy atom. The summed E-state index contributed by atoms with van der Waals surface area (Å²) in [4.78, 5) is 12.7. The second-order valence-electron chi connectivity index (χ2n) is 9.29. The van der Waals surface area contributed by atoms with Gasteiger partial charge >= 0.3 is 0 Å². The van der Waals surface area contributed by atoms with E-state index < -0.39 is 5.60 Å². The van der Waals surface area contributed by atoms with Gasteiger partial charge in [0, 0.05) is 6.42 Å². The molecule has 1 aliphatic rings. The predicted molar refractivity (Wildman–Crippen MR) is 111 cm³/mol. The topological polar surface area (TPSA) is 49.3 Å². The minimum atomic E-state index is -0.460. The van der Waals surface area contributed by atoms with Gasteiger partial charge in [-0.2, -0.15) is 0 Å². The van der Waals surface area contributed by atoms with Gasteiger partial charge in [-0.05, 0) is 70.3 Å². The van der Waals surface area contributed by atoms with Crippen molar-refractivity contribution in [2.75, 3.05) is 0 Å². The van der Waals surface area contributed by atoms with E-state index in [9.17, 15) is 9.90 Å². The molecule has 148 valence electrons. The van der Waals surface area contributed by atoms with Crippen molar-refractivity contribution < 1.29 is 9.90 Å². The maximum absolute atomic E-state index is 12.7. The van der Waals surface area contributed by atoms with Gasteiger partial charge in [0.2, 0.25) is 5.91 Å². The van der Waals surface area contributed by atoms with E-state index in [0.717, 1.165) is 37.7 Å². The van der Waals surface area contributed by atoms with E-state index in [1.54, 1.807) is 6.08 Å². The average Bonchev–Trinajstić information content (AvgIpc) is 2.50. The van der Waals surface area contributed by atoms with Crippen LogP contribution in [-0.4, -0.2) is 22.2 Å². The summed E-state index contributed by atoms with van der Waals surface area (Å²) in [6.45, 7) is 16.1. The maximum Gasteiger partial charge on any atom is 0.221 e.